The normalized spacial score (nSPS) is 12.7. The number of aryl methyl sites for hydroxylation is 1. The summed E-state index contributed by atoms with van der Waals surface area (Å²) in [7, 11) is -3.07. The van der Waals surface area contributed by atoms with E-state index < -0.39 is 28.2 Å². The quantitative estimate of drug-likeness (QED) is 0.710. The Morgan fingerprint density at radius 1 is 1.06 bits per heavy atom. The summed E-state index contributed by atoms with van der Waals surface area (Å²) < 4.78 is 25.4. The van der Waals surface area contributed by atoms with E-state index in [2.05, 4.69) is 21.7 Å². The van der Waals surface area contributed by atoms with Crippen LogP contribution in [0.4, 0.5) is 0 Å². The molecule has 18 heavy (non-hydrogen) atoms. The van der Waals surface area contributed by atoms with Crippen LogP contribution in [0.2, 0.25) is 19.3 Å². The Morgan fingerprint density at radius 3 is 2.06 bits per heavy atom. The average Bonchev–Trinajstić information content (AvgIpc) is 2.27. The molecule has 0 atom stereocenters. The molecule has 0 saturated heterocycles. The molecule has 1 aromatic carbocycles. The first kappa shape index (κ1) is 16.0. The van der Waals surface area contributed by atoms with Crippen molar-refractivity contribution in [2.75, 3.05) is 5.75 Å². The Labute approximate surface area is 116 Å². The molecule has 4 heteroatoms. The number of benzene rings is 1. The minimum atomic E-state index is -3.07. The Kier molecular flexibility index (Phi) is 5.71. The fourth-order valence-corrected chi connectivity index (χ4v) is 7.42. The second-order valence-electron chi connectivity index (χ2n) is 5.98. The molecule has 0 amide bonds. The summed E-state index contributed by atoms with van der Waals surface area (Å²) in [5, 5.41) is 0. The molecule has 0 saturated carbocycles. The van der Waals surface area contributed by atoms with E-state index in [1.54, 1.807) is 12.1 Å². The molecular formula is C14H24O2SSn. The van der Waals surface area contributed by atoms with Crippen LogP contribution in [0.5, 0.6) is 0 Å². The third kappa shape index (κ3) is 5.31. The molecule has 0 aliphatic heterocycles. The summed E-state index contributed by atoms with van der Waals surface area (Å²) in [4.78, 5) is 7.51. The van der Waals surface area contributed by atoms with E-state index in [-0.39, 0.29) is 0 Å². The van der Waals surface area contributed by atoms with E-state index in [0.717, 1.165) is 17.3 Å². The maximum atomic E-state index is 12.1. The summed E-state index contributed by atoms with van der Waals surface area (Å²) in [6, 6.07) is 7.31. The molecule has 0 fully saturated rings. The SMILES string of the molecule is CCc1ccc(S(=O)(=O)CC[CH2][Sn]([CH3])([CH3])[CH3])cc1. The van der Waals surface area contributed by atoms with E-state index in [4.69, 9.17) is 0 Å². The third-order valence-corrected chi connectivity index (χ3v) is 10.1. The molecule has 0 spiro atoms. The standard InChI is InChI=1S/C11H15O2S.3CH3.Sn/c1-3-9-14(12,13)11-7-5-10(4-2)6-8-11;;;;/h5-8H,1,3-4,9H2,2H3;3*1H3;. The van der Waals surface area contributed by atoms with E-state index in [9.17, 15) is 8.42 Å². The van der Waals surface area contributed by atoms with Gasteiger partial charge < -0.3 is 0 Å². The number of hydrogen-bond donors (Lipinski definition) is 0. The monoisotopic (exact) mass is 376 g/mol. The molecule has 0 heterocycles. The molecule has 102 valence electrons. The van der Waals surface area contributed by atoms with Gasteiger partial charge in [-0.05, 0) is 0 Å². The van der Waals surface area contributed by atoms with Gasteiger partial charge in [0.2, 0.25) is 0 Å². The van der Waals surface area contributed by atoms with Crippen LogP contribution in [0.25, 0.3) is 0 Å². The van der Waals surface area contributed by atoms with Crippen molar-refractivity contribution in [2.45, 2.75) is 43.9 Å². The molecule has 0 radical (unpaired) electrons. The van der Waals surface area contributed by atoms with Gasteiger partial charge in [0.05, 0.1) is 0 Å². The zero-order chi connectivity index (χ0) is 13.8. The van der Waals surface area contributed by atoms with Gasteiger partial charge in [-0.2, -0.15) is 0 Å². The number of sulfone groups is 1. The Morgan fingerprint density at radius 2 is 1.61 bits per heavy atom. The van der Waals surface area contributed by atoms with Crippen molar-refractivity contribution in [3.05, 3.63) is 29.8 Å². The van der Waals surface area contributed by atoms with Crippen molar-refractivity contribution < 1.29 is 8.42 Å². The topological polar surface area (TPSA) is 34.1 Å². The van der Waals surface area contributed by atoms with E-state index in [1.165, 1.54) is 5.56 Å². The average molecular weight is 375 g/mol. The van der Waals surface area contributed by atoms with Gasteiger partial charge in [-0.1, -0.05) is 0 Å². The van der Waals surface area contributed by atoms with Crippen LogP contribution in [0.15, 0.2) is 29.2 Å². The van der Waals surface area contributed by atoms with E-state index in [1.807, 2.05) is 12.1 Å². The zero-order valence-corrected chi connectivity index (χ0v) is 15.5. The first-order valence-corrected chi connectivity index (χ1v) is 18.8. The summed E-state index contributed by atoms with van der Waals surface area (Å²) in [5.74, 6) is 0.298. The van der Waals surface area contributed by atoms with Crippen LogP contribution >= 0.6 is 0 Å². The Bertz CT molecular complexity index is 470. The van der Waals surface area contributed by atoms with Gasteiger partial charge in [0.15, 0.2) is 0 Å². The molecule has 0 unspecified atom stereocenters. The first-order chi connectivity index (χ1) is 8.24. The van der Waals surface area contributed by atoms with Crippen LogP contribution in [0.1, 0.15) is 18.9 Å². The van der Waals surface area contributed by atoms with Gasteiger partial charge in [0, 0.05) is 0 Å². The molecule has 0 aromatic heterocycles. The van der Waals surface area contributed by atoms with Crippen molar-refractivity contribution in [1.82, 2.24) is 0 Å². The van der Waals surface area contributed by atoms with Gasteiger partial charge in [0.1, 0.15) is 0 Å². The minimum absolute atomic E-state index is 0.298. The molecule has 1 rings (SSSR count). The maximum absolute atomic E-state index is 12.1. The van der Waals surface area contributed by atoms with Crippen molar-refractivity contribution in [3.63, 3.8) is 0 Å². The zero-order valence-electron chi connectivity index (χ0n) is 11.9. The van der Waals surface area contributed by atoms with Gasteiger partial charge in [-0.25, -0.2) is 0 Å². The van der Waals surface area contributed by atoms with Gasteiger partial charge in [-0.3, -0.25) is 0 Å². The van der Waals surface area contributed by atoms with Crippen LogP contribution < -0.4 is 0 Å². The van der Waals surface area contributed by atoms with Crippen molar-refractivity contribution in [3.8, 4) is 0 Å². The van der Waals surface area contributed by atoms with E-state index >= 15 is 0 Å². The molecule has 1 aromatic rings. The molecular weight excluding hydrogens is 351 g/mol. The van der Waals surface area contributed by atoms with Crippen LogP contribution in [-0.4, -0.2) is 32.5 Å². The summed E-state index contributed by atoms with van der Waals surface area (Å²) in [5.41, 5.74) is 1.18. The van der Waals surface area contributed by atoms with Crippen molar-refractivity contribution in [2.24, 2.45) is 0 Å². The number of hydrogen-bond acceptors (Lipinski definition) is 2. The molecule has 2 nitrogen and oxygen atoms in total. The number of rotatable bonds is 6. The fourth-order valence-electron chi connectivity index (χ4n) is 1.84. The van der Waals surface area contributed by atoms with Crippen LogP contribution in [0.3, 0.4) is 0 Å². The third-order valence-electron chi connectivity index (χ3n) is 3.03. The van der Waals surface area contributed by atoms with Crippen LogP contribution in [-0.2, 0) is 16.3 Å². The Balaban J connectivity index is 2.68. The predicted molar refractivity (Wildman–Crippen MR) is 80.6 cm³/mol. The second-order valence-corrected chi connectivity index (χ2v) is 24.1. The van der Waals surface area contributed by atoms with Crippen molar-refractivity contribution >= 4 is 28.2 Å². The van der Waals surface area contributed by atoms with Crippen LogP contribution in [0, 0.1) is 0 Å². The summed E-state index contributed by atoms with van der Waals surface area (Å²) in [6.45, 7) is 2.07. The predicted octanol–water partition coefficient (Wildman–Crippen LogP) is 3.75. The van der Waals surface area contributed by atoms with Gasteiger partial charge in [-0.15, -0.1) is 0 Å². The summed E-state index contributed by atoms with van der Waals surface area (Å²) >= 11 is -1.82. The first-order valence-electron chi connectivity index (χ1n) is 6.56. The second kappa shape index (κ2) is 6.42. The molecule has 0 aliphatic carbocycles. The van der Waals surface area contributed by atoms with Gasteiger partial charge in [0.25, 0.3) is 0 Å². The van der Waals surface area contributed by atoms with E-state index in [0.29, 0.717) is 10.6 Å². The summed E-state index contributed by atoms with van der Waals surface area (Å²) in [6.07, 6.45) is 1.76. The fraction of sp³-hybridized carbons (Fsp3) is 0.571. The van der Waals surface area contributed by atoms with Gasteiger partial charge >= 0.3 is 116 Å². The molecule has 0 bridgehead atoms. The molecule has 0 aliphatic rings. The van der Waals surface area contributed by atoms with Crippen molar-refractivity contribution in [1.29, 1.82) is 0 Å². The molecule has 0 N–H and O–H groups in total. The Hall–Kier alpha value is -0.0313.